The fraction of sp³-hybridized carbons (Fsp3) is 1.00. The average molecular weight is 199 g/mol. The molecule has 0 aliphatic carbocycles. The van der Waals surface area contributed by atoms with Crippen LogP contribution in [0, 0.1) is 0 Å². The minimum absolute atomic E-state index is 0.298. The molecule has 1 rings (SSSR count). The van der Waals surface area contributed by atoms with Crippen molar-refractivity contribution in [3.8, 4) is 0 Å². The number of nitrogens with zero attached hydrogens (tertiary/aromatic N) is 1. The molecule has 1 aliphatic rings. The second-order valence-electron chi connectivity index (χ2n) is 4.80. The van der Waals surface area contributed by atoms with Crippen LogP contribution in [0.2, 0.25) is 0 Å². The highest BCUT2D eigenvalue weighted by molar-refractivity contribution is 4.94. The summed E-state index contributed by atoms with van der Waals surface area (Å²) in [5.41, 5.74) is 6.11. The number of hydrogen-bond acceptors (Lipinski definition) is 3. The Balaban J connectivity index is 2.43. The number of hydrogen-bond donors (Lipinski definition) is 2. The first-order chi connectivity index (χ1) is 6.54. The van der Waals surface area contributed by atoms with Gasteiger partial charge < -0.3 is 11.1 Å². The molecule has 0 aromatic heterocycles. The number of likely N-dealkylation sites (tertiary alicyclic amines) is 1. The van der Waals surface area contributed by atoms with Crippen molar-refractivity contribution in [2.45, 2.75) is 58.3 Å². The Morgan fingerprint density at radius 1 is 1.36 bits per heavy atom. The van der Waals surface area contributed by atoms with Gasteiger partial charge in [0.1, 0.15) is 0 Å². The Bertz CT molecular complexity index is 170. The van der Waals surface area contributed by atoms with E-state index >= 15 is 0 Å². The molecule has 84 valence electrons. The first-order valence-electron chi connectivity index (χ1n) is 5.80. The van der Waals surface area contributed by atoms with Gasteiger partial charge in [-0.25, -0.2) is 0 Å². The summed E-state index contributed by atoms with van der Waals surface area (Å²) < 4.78 is 0. The third-order valence-corrected chi connectivity index (χ3v) is 3.15. The summed E-state index contributed by atoms with van der Waals surface area (Å²) in [4.78, 5) is 2.49. The lowest BCUT2D eigenvalue weighted by molar-refractivity contribution is 0.244. The van der Waals surface area contributed by atoms with Crippen molar-refractivity contribution >= 4 is 0 Å². The molecule has 1 unspecified atom stereocenters. The Morgan fingerprint density at radius 3 is 2.50 bits per heavy atom. The van der Waals surface area contributed by atoms with Crippen LogP contribution in [0.25, 0.3) is 0 Å². The molecule has 0 aromatic rings. The molecule has 0 saturated carbocycles. The molecule has 3 atom stereocenters. The van der Waals surface area contributed by atoms with Gasteiger partial charge in [0.15, 0.2) is 0 Å². The van der Waals surface area contributed by atoms with E-state index in [0.717, 1.165) is 13.1 Å². The molecule has 1 heterocycles. The van der Waals surface area contributed by atoms with Gasteiger partial charge in [-0.2, -0.15) is 0 Å². The topological polar surface area (TPSA) is 41.3 Å². The van der Waals surface area contributed by atoms with Crippen molar-refractivity contribution in [1.29, 1.82) is 0 Å². The van der Waals surface area contributed by atoms with E-state index in [2.05, 4.69) is 37.9 Å². The van der Waals surface area contributed by atoms with E-state index in [1.165, 1.54) is 6.42 Å². The maximum Gasteiger partial charge on any atom is 0.0361 e. The Kier molecular flexibility index (Phi) is 4.35. The van der Waals surface area contributed by atoms with Crippen LogP contribution < -0.4 is 11.1 Å². The summed E-state index contributed by atoms with van der Waals surface area (Å²) in [5, 5.41) is 3.53. The van der Waals surface area contributed by atoms with Crippen molar-refractivity contribution in [2.24, 2.45) is 5.73 Å². The van der Waals surface area contributed by atoms with Crippen molar-refractivity contribution in [3.63, 3.8) is 0 Å². The summed E-state index contributed by atoms with van der Waals surface area (Å²) in [6.07, 6.45) is 1.21. The fourth-order valence-electron chi connectivity index (χ4n) is 2.08. The van der Waals surface area contributed by atoms with Crippen LogP contribution in [0.15, 0.2) is 0 Å². The van der Waals surface area contributed by atoms with Gasteiger partial charge in [0.2, 0.25) is 0 Å². The Labute approximate surface area is 88.0 Å². The molecule has 0 spiro atoms. The Hall–Kier alpha value is -0.120. The first-order valence-corrected chi connectivity index (χ1v) is 5.80. The summed E-state index contributed by atoms with van der Waals surface area (Å²) in [6, 6.07) is 1.97. The summed E-state index contributed by atoms with van der Waals surface area (Å²) in [6.45, 7) is 11.0. The van der Waals surface area contributed by atoms with Gasteiger partial charge in [0.05, 0.1) is 0 Å². The molecule has 14 heavy (non-hydrogen) atoms. The monoisotopic (exact) mass is 199 g/mol. The lowest BCUT2D eigenvalue weighted by Crippen LogP contribution is -2.46. The van der Waals surface area contributed by atoms with Gasteiger partial charge in [-0.05, 0) is 13.3 Å². The van der Waals surface area contributed by atoms with E-state index in [1.54, 1.807) is 0 Å². The number of nitrogens with one attached hydrogen (secondary N) is 1. The second kappa shape index (κ2) is 5.10. The van der Waals surface area contributed by atoms with E-state index in [0.29, 0.717) is 24.2 Å². The largest absolute Gasteiger partial charge is 0.325 e. The van der Waals surface area contributed by atoms with Crippen LogP contribution in [0.4, 0.5) is 0 Å². The summed E-state index contributed by atoms with van der Waals surface area (Å²) in [7, 11) is 0. The highest BCUT2D eigenvalue weighted by atomic mass is 15.2. The molecule has 1 fully saturated rings. The van der Waals surface area contributed by atoms with Crippen LogP contribution in [0.1, 0.15) is 34.1 Å². The van der Waals surface area contributed by atoms with Gasteiger partial charge in [0, 0.05) is 37.3 Å². The van der Waals surface area contributed by atoms with Gasteiger partial charge in [-0.3, -0.25) is 4.90 Å². The lowest BCUT2D eigenvalue weighted by Gasteiger charge is -2.23. The maximum absolute atomic E-state index is 6.11. The predicted octanol–water partition coefficient (Wildman–Crippen LogP) is 0.794. The lowest BCUT2D eigenvalue weighted by atomic mass is 10.1. The predicted molar refractivity (Wildman–Crippen MR) is 61.4 cm³/mol. The third-order valence-electron chi connectivity index (χ3n) is 3.15. The van der Waals surface area contributed by atoms with Crippen molar-refractivity contribution in [1.82, 2.24) is 10.2 Å². The summed E-state index contributed by atoms with van der Waals surface area (Å²) >= 11 is 0. The minimum Gasteiger partial charge on any atom is -0.325 e. The highest BCUT2D eigenvalue weighted by Crippen LogP contribution is 2.14. The zero-order valence-corrected chi connectivity index (χ0v) is 9.96. The van der Waals surface area contributed by atoms with Crippen molar-refractivity contribution in [2.75, 3.05) is 13.1 Å². The van der Waals surface area contributed by atoms with Crippen molar-refractivity contribution in [3.05, 3.63) is 0 Å². The first kappa shape index (κ1) is 12.0. The molecule has 3 heteroatoms. The SMILES string of the molecule is CCC(C)N1C[C@H](N)[C@H](NC(C)C)C1. The normalized spacial score (nSPS) is 31.3. The molecule has 0 radical (unpaired) electrons. The van der Waals surface area contributed by atoms with Crippen LogP contribution in [0.5, 0.6) is 0 Å². The quantitative estimate of drug-likeness (QED) is 0.703. The molecule has 1 saturated heterocycles. The molecule has 0 bridgehead atoms. The zero-order chi connectivity index (χ0) is 10.7. The van der Waals surface area contributed by atoms with Crippen LogP contribution >= 0.6 is 0 Å². The molecule has 3 nitrogen and oxygen atoms in total. The van der Waals surface area contributed by atoms with E-state index in [4.69, 9.17) is 5.73 Å². The van der Waals surface area contributed by atoms with E-state index in [1.807, 2.05) is 0 Å². The second-order valence-corrected chi connectivity index (χ2v) is 4.80. The van der Waals surface area contributed by atoms with Gasteiger partial charge in [-0.15, -0.1) is 0 Å². The molecule has 1 aliphatic heterocycles. The van der Waals surface area contributed by atoms with Crippen LogP contribution in [-0.2, 0) is 0 Å². The maximum atomic E-state index is 6.11. The van der Waals surface area contributed by atoms with Gasteiger partial charge in [-0.1, -0.05) is 20.8 Å². The Morgan fingerprint density at radius 2 is 2.00 bits per heavy atom. The minimum atomic E-state index is 0.298. The molecule has 0 amide bonds. The van der Waals surface area contributed by atoms with Gasteiger partial charge >= 0.3 is 0 Å². The molecule has 0 aromatic carbocycles. The van der Waals surface area contributed by atoms with Crippen LogP contribution in [0.3, 0.4) is 0 Å². The average Bonchev–Trinajstić information content (AvgIpc) is 2.46. The van der Waals surface area contributed by atoms with E-state index < -0.39 is 0 Å². The van der Waals surface area contributed by atoms with E-state index in [-0.39, 0.29) is 0 Å². The molecular weight excluding hydrogens is 174 g/mol. The standard InChI is InChI=1S/C11H25N3/c1-5-9(4)14-6-10(12)11(7-14)13-8(2)3/h8-11,13H,5-7,12H2,1-4H3/t9?,10-,11+/m0/s1. The number of nitrogens with two attached hydrogens (primary N) is 1. The number of rotatable bonds is 4. The van der Waals surface area contributed by atoms with Gasteiger partial charge in [0.25, 0.3) is 0 Å². The smallest absolute Gasteiger partial charge is 0.0361 e. The third kappa shape index (κ3) is 2.94. The fourth-order valence-corrected chi connectivity index (χ4v) is 2.08. The summed E-state index contributed by atoms with van der Waals surface area (Å²) in [5.74, 6) is 0. The van der Waals surface area contributed by atoms with Crippen LogP contribution in [-0.4, -0.2) is 42.2 Å². The van der Waals surface area contributed by atoms with Crippen molar-refractivity contribution < 1.29 is 0 Å². The zero-order valence-electron chi connectivity index (χ0n) is 9.96. The van der Waals surface area contributed by atoms with E-state index in [9.17, 15) is 0 Å². The molecular formula is C11H25N3. The highest BCUT2D eigenvalue weighted by Gasteiger charge is 2.31. The molecule has 3 N–H and O–H groups in total.